The summed E-state index contributed by atoms with van der Waals surface area (Å²) in [6, 6.07) is 5.69. The summed E-state index contributed by atoms with van der Waals surface area (Å²) in [6.45, 7) is 4.44. The molecule has 2 atom stereocenters. The van der Waals surface area contributed by atoms with Gasteiger partial charge in [0.25, 0.3) is 0 Å². The molecule has 1 aliphatic carbocycles. The van der Waals surface area contributed by atoms with E-state index in [0.29, 0.717) is 12.0 Å². The second kappa shape index (κ2) is 4.98. The molecule has 1 aliphatic heterocycles. The Hall–Kier alpha value is -0.930. The Bertz CT molecular complexity index is 397. The minimum atomic E-state index is 0.497. The Morgan fingerprint density at radius 3 is 2.83 bits per heavy atom. The van der Waals surface area contributed by atoms with Crippen LogP contribution in [0.15, 0.2) is 18.3 Å². The monoisotopic (exact) mass is 245 g/mol. The largest absolute Gasteiger partial charge is 0.314 e. The molecule has 2 unspecified atom stereocenters. The lowest BCUT2D eigenvalue weighted by Gasteiger charge is -2.25. The van der Waals surface area contributed by atoms with Gasteiger partial charge in [0, 0.05) is 18.8 Å². The second-order valence-electron chi connectivity index (χ2n) is 5.92. The van der Waals surface area contributed by atoms with Crippen LogP contribution >= 0.6 is 0 Å². The van der Waals surface area contributed by atoms with Crippen LogP contribution in [-0.2, 0) is 0 Å². The average molecular weight is 245 g/mol. The van der Waals surface area contributed by atoms with Crippen molar-refractivity contribution in [2.75, 3.05) is 20.1 Å². The number of aryl methyl sites for hydroxylation is 1. The number of hydrogen-bond acceptors (Lipinski definition) is 3. The highest BCUT2D eigenvalue weighted by Gasteiger charge is 2.34. The minimum Gasteiger partial charge on any atom is -0.314 e. The molecule has 1 saturated heterocycles. The van der Waals surface area contributed by atoms with Crippen LogP contribution in [0.25, 0.3) is 0 Å². The maximum absolute atomic E-state index is 4.63. The van der Waals surface area contributed by atoms with E-state index in [4.69, 9.17) is 0 Å². The lowest BCUT2D eigenvalue weighted by Crippen LogP contribution is -2.30. The lowest BCUT2D eigenvalue weighted by molar-refractivity contribution is 0.266. The Morgan fingerprint density at radius 1 is 1.33 bits per heavy atom. The summed E-state index contributed by atoms with van der Waals surface area (Å²) in [5, 5.41) is 3.68. The van der Waals surface area contributed by atoms with Gasteiger partial charge in [-0.1, -0.05) is 6.07 Å². The maximum atomic E-state index is 4.63. The van der Waals surface area contributed by atoms with Crippen LogP contribution in [0, 0.1) is 12.8 Å². The van der Waals surface area contributed by atoms with Crippen molar-refractivity contribution in [2.45, 2.75) is 38.3 Å². The molecule has 0 spiro atoms. The standard InChI is InChI=1S/C15H23N3/c1-11-3-6-14(17-9-11)15-12(7-8-18(15)2)10-16-13-4-5-13/h3,6,9,12-13,15-16H,4-5,7-8,10H2,1-2H3. The number of hydrogen-bond donors (Lipinski definition) is 1. The van der Waals surface area contributed by atoms with Crippen molar-refractivity contribution in [3.8, 4) is 0 Å². The first-order valence-corrected chi connectivity index (χ1v) is 7.10. The molecule has 0 bridgehead atoms. The normalized spacial score (nSPS) is 28.8. The Balaban J connectivity index is 1.71. The van der Waals surface area contributed by atoms with Crippen LogP contribution in [0.5, 0.6) is 0 Å². The molecule has 18 heavy (non-hydrogen) atoms. The summed E-state index contributed by atoms with van der Waals surface area (Å²) in [5.41, 5.74) is 2.48. The molecule has 3 heteroatoms. The molecule has 0 radical (unpaired) electrons. The van der Waals surface area contributed by atoms with Gasteiger partial charge in [-0.25, -0.2) is 0 Å². The van der Waals surface area contributed by atoms with E-state index in [9.17, 15) is 0 Å². The Morgan fingerprint density at radius 2 is 2.17 bits per heavy atom. The lowest BCUT2D eigenvalue weighted by atomic mass is 9.97. The van der Waals surface area contributed by atoms with Crippen LogP contribution in [-0.4, -0.2) is 36.1 Å². The molecule has 0 amide bonds. The molecular weight excluding hydrogens is 222 g/mol. The fourth-order valence-corrected chi connectivity index (χ4v) is 2.97. The number of likely N-dealkylation sites (tertiary alicyclic amines) is 1. The number of rotatable bonds is 4. The number of pyridine rings is 1. The topological polar surface area (TPSA) is 28.2 Å². The molecule has 1 aromatic rings. The first kappa shape index (κ1) is 12.1. The molecule has 1 saturated carbocycles. The van der Waals surface area contributed by atoms with Crippen LogP contribution < -0.4 is 5.32 Å². The van der Waals surface area contributed by atoms with Gasteiger partial charge in [-0.2, -0.15) is 0 Å². The predicted octanol–water partition coefficient (Wildman–Crippen LogP) is 2.13. The zero-order chi connectivity index (χ0) is 12.5. The highest BCUT2D eigenvalue weighted by molar-refractivity contribution is 5.17. The minimum absolute atomic E-state index is 0.497. The van der Waals surface area contributed by atoms with Gasteiger partial charge in [0.05, 0.1) is 11.7 Å². The molecular formula is C15H23N3. The third kappa shape index (κ3) is 2.57. The molecule has 2 aliphatic rings. The molecule has 3 rings (SSSR count). The van der Waals surface area contributed by atoms with E-state index in [1.54, 1.807) is 0 Å². The summed E-state index contributed by atoms with van der Waals surface area (Å²) in [4.78, 5) is 7.09. The summed E-state index contributed by atoms with van der Waals surface area (Å²) in [5.74, 6) is 0.714. The van der Waals surface area contributed by atoms with Crippen molar-refractivity contribution in [3.63, 3.8) is 0 Å². The van der Waals surface area contributed by atoms with Crippen LogP contribution in [0.3, 0.4) is 0 Å². The molecule has 2 fully saturated rings. The number of nitrogens with one attached hydrogen (secondary N) is 1. The van der Waals surface area contributed by atoms with E-state index in [0.717, 1.165) is 12.6 Å². The quantitative estimate of drug-likeness (QED) is 0.881. The zero-order valence-corrected chi connectivity index (χ0v) is 11.4. The maximum Gasteiger partial charge on any atom is 0.0578 e. The summed E-state index contributed by atoms with van der Waals surface area (Å²) >= 11 is 0. The van der Waals surface area contributed by atoms with Gasteiger partial charge in [-0.05, 0) is 57.3 Å². The molecule has 1 N–H and O–H groups in total. The van der Waals surface area contributed by atoms with E-state index in [1.807, 2.05) is 6.20 Å². The smallest absolute Gasteiger partial charge is 0.0578 e. The molecule has 98 valence electrons. The molecule has 1 aromatic heterocycles. The fraction of sp³-hybridized carbons (Fsp3) is 0.667. The van der Waals surface area contributed by atoms with Gasteiger partial charge in [-0.3, -0.25) is 9.88 Å². The van der Waals surface area contributed by atoms with E-state index in [2.05, 4.69) is 41.3 Å². The molecule has 3 nitrogen and oxygen atoms in total. The average Bonchev–Trinajstić information content (AvgIpc) is 3.12. The van der Waals surface area contributed by atoms with Crippen molar-refractivity contribution in [3.05, 3.63) is 29.6 Å². The third-order valence-corrected chi connectivity index (χ3v) is 4.26. The van der Waals surface area contributed by atoms with Gasteiger partial charge in [0.1, 0.15) is 0 Å². The Labute approximate surface area is 110 Å². The van der Waals surface area contributed by atoms with Gasteiger partial charge < -0.3 is 5.32 Å². The van der Waals surface area contributed by atoms with E-state index in [1.165, 1.54) is 37.1 Å². The van der Waals surface area contributed by atoms with Crippen molar-refractivity contribution >= 4 is 0 Å². The fourth-order valence-electron chi connectivity index (χ4n) is 2.97. The van der Waals surface area contributed by atoms with Gasteiger partial charge in [0.2, 0.25) is 0 Å². The van der Waals surface area contributed by atoms with Gasteiger partial charge >= 0.3 is 0 Å². The number of aromatic nitrogens is 1. The van der Waals surface area contributed by atoms with Crippen LogP contribution in [0.4, 0.5) is 0 Å². The summed E-state index contributed by atoms with van der Waals surface area (Å²) < 4.78 is 0. The molecule has 0 aromatic carbocycles. The summed E-state index contributed by atoms with van der Waals surface area (Å²) in [7, 11) is 2.23. The first-order valence-electron chi connectivity index (χ1n) is 7.10. The SMILES string of the molecule is Cc1ccc(C2C(CNC3CC3)CCN2C)nc1. The van der Waals surface area contributed by atoms with Crippen molar-refractivity contribution < 1.29 is 0 Å². The van der Waals surface area contributed by atoms with Crippen molar-refractivity contribution in [1.82, 2.24) is 15.2 Å². The highest BCUT2D eigenvalue weighted by atomic mass is 15.2. The van der Waals surface area contributed by atoms with Gasteiger partial charge in [-0.15, -0.1) is 0 Å². The summed E-state index contributed by atoms with van der Waals surface area (Å²) in [6.07, 6.45) is 6.02. The van der Waals surface area contributed by atoms with E-state index < -0.39 is 0 Å². The highest BCUT2D eigenvalue weighted by Crippen LogP contribution is 2.35. The van der Waals surface area contributed by atoms with Crippen molar-refractivity contribution in [1.29, 1.82) is 0 Å². The predicted molar refractivity (Wildman–Crippen MR) is 73.5 cm³/mol. The van der Waals surface area contributed by atoms with Crippen molar-refractivity contribution in [2.24, 2.45) is 5.92 Å². The van der Waals surface area contributed by atoms with Crippen LogP contribution in [0.1, 0.15) is 36.6 Å². The number of nitrogens with zero attached hydrogens (tertiary/aromatic N) is 2. The third-order valence-electron chi connectivity index (χ3n) is 4.26. The Kier molecular flexibility index (Phi) is 3.35. The first-order chi connectivity index (χ1) is 8.74. The molecule has 2 heterocycles. The second-order valence-corrected chi connectivity index (χ2v) is 5.92. The van der Waals surface area contributed by atoms with Gasteiger partial charge in [0.15, 0.2) is 0 Å². The van der Waals surface area contributed by atoms with E-state index >= 15 is 0 Å². The van der Waals surface area contributed by atoms with E-state index in [-0.39, 0.29) is 0 Å². The zero-order valence-electron chi connectivity index (χ0n) is 11.4. The van der Waals surface area contributed by atoms with Crippen LogP contribution in [0.2, 0.25) is 0 Å².